The molecule has 5 heteroatoms. The number of nitrogens with two attached hydrogens (primary N) is 1. The molecule has 0 unspecified atom stereocenters. The molecule has 0 amide bonds. The van der Waals surface area contributed by atoms with Crippen LogP contribution in [0, 0.1) is 5.41 Å². The molecule has 92 valence electrons. The zero-order chi connectivity index (χ0) is 11.6. The summed E-state index contributed by atoms with van der Waals surface area (Å²) < 4.78 is 0.615. The van der Waals surface area contributed by atoms with E-state index in [9.17, 15) is 10.2 Å². The number of halogens is 2. The number of aromatic hydroxyl groups is 1. The van der Waals surface area contributed by atoms with Crippen molar-refractivity contribution in [1.82, 2.24) is 0 Å². The third-order valence-corrected chi connectivity index (χ3v) is 3.24. The van der Waals surface area contributed by atoms with E-state index in [0.717, 1.165) is 0 Å². The van der Waals surface area contributed by atoms with Gasteiger partial charge < -0.3 is 15.9 Å². The lowest BCUT2D eigenvalue weighted by Gasteiger charge is -2.30. The molecule has 0 aromatic heterocycles. The quantitative estimate of drug-likeness (QED) is 0.804. The first-order valence-electron chi connectivity index (χ1n) is 4.74. The molecular formula is C11H17BrClNO2. The molecule has 16 heavy (non-hydrogen) atoms. The van der Waals surface area contributed by atoms with Gasteiger partial charge in [-0.15, -0.1) is 12.4 Å². The van der Waals surface area contributed by atoms with Crippen LogP contribution < -0.4 is 5.73 Å². The molecule has 1 rings (SSSR count). The molecule has 0 radical (unpaired) electrons. The zero-order valence-electron chi connectivity index (χ0n) is 9.27. The van der Waals surface area contributed by atoms with Crippen LogP contribution in [-0.4, -0.2) is 16.8 Å². The van der Waals surface area contributed by atoms with Crippen LogP contribution in [0.3, 0.4) is 0 Å². The fourth-order valence-electron chi connectivity index (χ4n) is 1.30. The SMILES string of the molecule is CC(C)(CO)[C@H](N)c1cccc(Br)c1O.Cl. The number of hydrogen-bond acceptors (Lipinski definition) is 3. The van der Waals surface area contributed by atoms with Crippen molar-refractivity contribution in [1.29, 1.82) is 0 Å². The average molecular weight is 311 g/mol. The fraction of sp³-hybridized carbons (Fsp3) is 0.455. The number of benzene rings is 1. The molecule has 1 aromatic carbocycles. The minimum Gasteiger partial charge on any atom is -0.506 e. The molecule has 0 heterocycles. The maximum absolute atomic E-state index is 9.82. The Hall–Kier alpha value is -0.290. The summed E-state index contributed by atoms with van der Waals surface area (Å²) in [5.41, 5.74) is 6.19. The zero-order valence-corrected chi connectivity index (χ0v) is 11.7. The van der Waals surface area contributed by atoms with Crippen molar-refractivity contribution in [2.75, 3.05) is 6.61 Å². The normalized spacial score (nSPS) is 13.1. The molecule has 0 aliphatic heterocycles. The van der Waals surface area contributed by atoms with Gasteiger partial charge in [0, 0.05) is 23.6 Å². The molecule has 0 saturated carbocycles. The Morgan fingerprint density at radius 2 is 2.00 bits per heavy atom. The van der Waals surface area contributed by atoms with Crippen LogP contribution in [0.15, 0.2) is 22.7 Å². The number of aliphatic hydroxyl groups is 1. The van der Waals surface area contributed by atoms with Crippen LogP contribution in [0.5, 0.6) is 5.75 Å². The van der Waals surface area contributed by atoms with Crippen LogP contribution in [0.1, 0.15) is 25.5 Å². The topological polar surface area (TPSA) is 66.5 Å². The molecule has 1 aromatic rings. The molecule has 1 atom stereocenters. The molecular weight excluding hydrogens is 293 g/mol. The third kappa shape index (κ3) is 3.10. The summed E-state index contributed by atoms with van der Waals surface area (Å²) in [6.07, 6.45) is 0. The summed E-state index contributed by atoms with van der Waals surface area (Å²) in [4.78, 5) is 0. The van der Waals surface area contributed by atoms with Crippen LogP contribution in [0.2, 0.25) is 0 Å². The predicted octanol–water partition coefficient (Wildman–Crippen LogP) is 2.59. The van der Waals surface area contributed by atoms with E-state index in [1.54, 1.807) is 12.1 Å². The molecule has 0 fully saturated rings. The van der Waals surface area contributed by atoms with Gasteiger partial charge in [0.2, 0.25) is 0 Å². The first kappa shape index (κ1) is 15.7. The van der Waals surface area contributed by atoms with Gasteiger partial charge in [-0.2, -0.15) is 0 Å². The maximum atomic E-state index is 9.82. The van der Waals surface area contributed by atoms with Crippen molar-refractivity contribution in [3.05, 3.63) is 28.2 Å². The lowest BCUT2D eigenvalue weighted by atomic mass is 9.81. The summed E-state index contributed by atoms with van der Waals surface area (Å²) in [6.45, 7) is 3.69. The summed E-state index contributed by atoms with van der Waals surface area (Å²) >= 11 is 3.23. The summed E-state index contributed by atoms with van der Waals surface area (Å²) in [7, 11) is 0. The van der Waals surface area contributed by atoms with E-state index in [1.165, 1.54) is 0 Å². The highest BCUT2D eigenvalue weighted by atomic mass is 79.9. The Labute approximate surface area is 110 Å². The number of aliphatic hydroxyl groups excluding tert-OH is 1. The predicted molar refractivity (Wildman–Crippen MR) is 70.9 cm³/mol. The minimum atomic E-state index is -0.460. The van der Waals surface area contributed by atoms with Gasteiger partial charge in [0.1, 0.15) is 5.75 Å². The van der Waals surface area contributed by atoms with E-state index >= 15 is 0 Å². The van der Waals surface area contributed by atoms with Gasteiger partial charge in [-0.05, 0) is 22.0 Å². The first-order valence-corrected chi connectivity index (χ1v) is 5.53. The maximum Gasteiger partial charge on any atom is 0.134 e. The number of para-hydroxylation sites is 1. The lowest BCUT2D eigenvalue weighted by Crippen LogP contribution is -2.32. The summed E-state index contributed by atoms with van der Waals surface area (Å²) in [6, 6.07) is 4.92. The van der Waals surface area contributed by atoms with Gasteiger partial charge in [-0.25, -0.2) is 0 Å². The molecule has 0 bridgehead atoms. The van der Waals surface area contributed by atoms with E-state index < -0.39 is 11.5 Å². The minimum absolute atomic E-state index is 0. The van der Waals surface area contributed by atoms with Crippen molar-refractivity contribution in [2.24, 2.45) is 11.1 Å². The third-order valence-electron chi connectivity index (χ3n) is 2.60. The van der Waals surface area contributed by atoms with Crippen molar-refractivity contribution < 1.29 is 10.2 Å². The van der Waals surface area contributed by atoms with Gasteiger partial charge in [0.25, 0.3) is 0 Å². The Kier molecular flexibility index (Phi) is 5.76. The second-order valence-electron chi connectivity index (χ2n) is 4.30. The highest BCUT2D eigenvalue weighted by Gasteiger charge is 2.29. The van der Waals surface area contributed by atoms with Crippen LogP contribution in [0.4, 0.5) is 0 Å². The Balaban J connectivity index is 0.00000225. The highest BCUT2D eigenvalue weighted by molar-refractivity contribution is 9.10. The van der Waals surface area contributed by atoms with Crippen LogP contribution >= 0.6 is 28.3 Å². The van der Waals surface area contributed by atoms with Gasteiger partial charge in [0.05, 0.1) is 4.47 Å². The number of phenols is 1. The van der Waals surface area contributed by atoms with E-state index in [2.05, 4.69) is 15.9 Å². The van der Waals surface area contributed by atoms with Crippen molar-refractivity contribution >= 4 is 28.3 Å². The average Bonchev–Trinajstić information content (AvgIpc) is 2.21. The van der Waals surface area contributed by atoms with E-state index in [-0.39, 0.29) is 24.8 Å². The number of phenolic OH excluding ortho intramolecular Hbond substituents is 1. The highest BCUT2D eigenvalue weighted by Crippen LogP contribution is 2.38. The van der Waals surface area contributed by atoms with Crippen LogP contribution in [0.25, 0.3) is 0 Å². The lowest BCUT2D eigenvalue weighted by molar-refractivity contribution is 0.131. The Morgan fingerprint density at radius 3 is 2.50 bits per heavy atom. The smallest absolute Gasteiger partial charge is 0.134 e. The van der Waals surface area contributed by atoms with Crippen LogP contribution in [-0.2, 0) is 0 Å². The monoisotopic (exact) mass is 309 g/mol. The van der Waals surface area contributed by atoms with E-state index in [1.807, 2.05) is 19.9 Å². The number of rotatable bonds is 3. The molecule has 0 spiro atoms. The standard InChI is InChI=1S/C11H16BrNO2.ClH/c1-11(2,6-14)10(13)7-4-3-5-8(12)9(7)15;/h3-5,10,14-15H,6,13H2,1-2H3;1H/t10-;/m1./s1. The van der Waals surface area contributed by atoms with Crippen molar-refractivity contribution in [2.45, 2.75) is 19.9 Å². The molecule has 3 nitrogen and oxygen atoms in total. The Morgan fingerprint density at radius 1 is 1.44 bits per heavy atom. The second-order valence-corrected chi connectivity index (χ2v) is 5.16. The van der Waals surface area contributed by atoms with E-state index in [0.29, 0.717) is 10.0 Å². The summed E-state index contributed by atoms with van der Waals surface area (Å²) in [5, 5.41) is 19.0. The van der Waals surface area contributed by atoms with Crippen molar-refractivity contribution in [3.8, 4) is 5.75 Å². The number of hydrogen-bond donors (Lipinski definition) is 3. The van der Waals surface area contributed by atoms with Gasteiger partial charge in [-0.3, -0.25) is 0 Å². The van der Waals surface area contributed by atoms with Gasteiger partial charge >= 0.3 is 0 Å². The molecule has 4 N–H and O–H groups in total. The largest absolute Gasteiger partial charge is 0.506 e. The van der Waals surface area contributed by atoms with Gasteiger partial charge in [0.15, 0.2) is 0 Å². The second kappa shape index (κ2) is 5.87. The Bertz CT molecular complexity index is 358. The molecule has 0 aliphatic carbocycles. The summed E-state index contributed by atoms with van der Waals surface area (Å²) in [5.74, 6) is 0.145. The van der Waals surface area contributed by atoms with Gasteiger partial charge in [-0.1, -0.05) is 26.0 Å². The molecule has 0 saturated heterocycles. The van der Waals surface area contributed by atoms with Crippen molar-refractivity contribution in [3.63, 3.8) is 0 Å². The first-order chi connectivity index (χ1) is 6.90. The fourth-order valence-corrected chi connectivity index (χ4v) is 1.68. The molecule has 0 aliphatic rings. The van der Waals surface area contributed by atoms with E-state index in [4.69, 9.17) is 5.73 Å².